The Balaban J connectivity index is 1.92. The topological polar surface area (TPSA) is 78.7 Å². The first-order valence-corrected chi connectivity index (χ1v) is 8.45. The highest BCUT2D eigenvalue weighted by Gasteiger charge is 2.22. The number of hydrogen-bond donors (Lipinski definition) is 1. The summed E-state index contributed by atoms with van der Waals surface area (Å²) in [7, 11) is 0. The number of carbonyl (C=O) groups is 1. The molecule has 22 heavy (non-hydrogen) atoms. The van der Waals surface area contributed by atoms with Gasteiger partial charge in [0.05, 0.1) is 11.6 Å². The van der Waals surface area contributed by atoms with E-state index in [9.17, 15) is 4.79 Å². The minimum atomic E-state index is -0.457. The monoisotopic (exact) mass is 332 g/mol. The van der Waals surface area contributed by atoms with Crippen LogP contribution in [0.15, 0.2) is 28.6 Å². The molecule has 0 saturated carbocycles. The normalized spacial score (nSPS) is 11.0. The quantitative estimate of drug-likeness (QED) is 0.682. The van der Waals surface area contributed by atoms with E-state index in [0.29, 0.717) is 10.7 Å². The van der Waals surface area contributed by atoms with Crippen LogP contribution in [-0.2, 0) is 10.5 Å². The van der Waals surface area contributed by atoms with E-state index in [1.165, 1.54) is 11.3 Å². The summed E-state index contributed by atoms with van der Waals surface area (Å²) < 4.78 is 0.800. The second-order valence-electron chi connectivity index (χ2n) is 5.67. The molecule has 7 heteroatoms. The van der Waals surface area contributed by atoms with Crippen LogP contribution in [0.25, 0.3) is 0 Å². The maximum atomic E-state index is 11.9. The second kappa shape index (κ2) is 6.90. The maximum Gasteiger partial charge on any atom is 0.231 e. The lowest BCUT2D eigenvalue weighted by Gasteiger charge is -2.15. The molecule has 2 aromatic rings. The molecule has 0 fully saturated rings. The third-order valence-corrected chi connectivity index (χ3v) is 4.80. The van der Waals surface area contributed by atoms with Crippen molar-refractivity contribution in [3.63, 3.8) is 0 Å². The van der Waals surface area contributed by atoms with Gasteiger partial charge in [-0.05, 0) is 17.7 Å². The van der Waals surface area contributed by atoms with Gasteiger partial charge in [-0.25, -0.2) is 0 Å². The summed E-state index contributed by atoms with van der Waals surface area (Å²) >= 11 is 2.91. The molecule has 5 nitrogen and oxygen atoms in total. The first-order chi connectivity index (χ1) is 10.4. The molecular formula is C15H16N4OS2. The van der Waals surface area contributed by atoms with Crippen molar-refractivity contribution in [1.82, 2.24) is 10.2 Å². The summed E-state index contributed by atoms with van der Waals surface area (Å²) in [6, 6.07) is 9.54. The fourth-order valence-corrected chi connectivity index (χ4v) is 3.13. The van der Waals surface area contributed by atoms with E-state index >= 15 is 0 Å². The van der Waals surface area contributed by atoms with Crippen LogP contribution < -0.4 is 5.32 Å². The Morgan fingerprint density at radius 2 is 2.00 bits per heavy atom. The number of carbonyl (C=O) groups excluding carboxylic acids is 1. The lowest BCUT2D eigenvalue weighted by molar-refractivity contribution is -0.123. The standard InChI is InChI=1S/C15H16N4OS2/c1-15(2,3)12(20)17-13-18-19-14(22-13)21-9-11-6-4-10(8-16)5-7-11/h4-7H,9H2,1-3H3,(H,17,18,20). The molecule has 0 spiro atoms. The van der Waals surface area contributed by atoms with E-state index in [1.807, 2.05) is 32.9 Å². The zero-order chi connectivity index (χ0) is 16.2. The first-order valence-electron chi connectivity index (χ1n) is 6.65. The molecule has 114 valence electrons. The summed E-state index contributed by atoms with van der Waals surface area (Å²) in [4.78, 5) is 11.9. The van der Waals surface area contributed by atoms with Gasteiger partial charge in [-0.15, -0.1) is 10.2 Å². The number of thioether (sulfide) groups is 1. The van der Waals surface area contributed by atoms with Crippen LogP contribution in [0, 0.1) is 16.7 Å². The molecule has 2 rings (SSSR count). The molecule has 0 atom stereocenters. The molecule has 0 aliphatic carbocycles. The van der Waals surface area contributed by atoms with Crippen molar-refractivity contribution in [1.29, 1.82) is 5.26 Å². The minimum absolute atomic E-state index is 0.0766. The van der Waals surface area contributed by atoms with E-state index in [2.05, 4.69) is 21.6 Å². The van der Waals surface area contributed by atoms with Crippen LogP contribution in [0.3, 0.4) is 0 Å². The second-order valence-corrected chi connectivity index (χ2v) is 7.87. The molecule has 1 heterocycles. The zero-order valence-electron chi connectivity index (χ0n) is 12.6. The highest BCUT2D eigenvalue weighted by Crippen LogP contribution is 2.29. The van der Waals surface area contributed by atoms with Gasteiger partial charge in [0.1, 0.15) is 0 Å². The number of hydrogen-bond acceptors (Lipinski definition) is 6. The fourth-order valence-electron chi connectivity index (χ4n) is 1.42. The molecule has 0 unspecified atom stereocenters. The van der Waals surface area contributed by atoms with E-state index < -0.39 is 5.41 Å². The lowest BCUT2D eigenvalue weighted by atomic mass is 9.96. The van der Waals surface area contributed by atoms with Crippen LogP contribution in [0.5, 0.6) is 0 Å². The van der Waals surface area contributed by atoms with Gasteiger partial charge < -0.3 is 5.32 Å². The summed E-state index contributed by atoms with van der Waals surface area (Å²) in [6.07, 6.45) is 0. The molecule has 0 aliphatic rings. The molecule has 0 saturated heterocycles. The van der Waals surface area contributed by atoms with E-state index in [4.69, 9.17) is 5.26 Å². The number of aromatic nitrogens is 2. The van der Waals surface area contributed by atoms with Gasteiger partial charge in [0.25, 0.3) is 0 Å². The average Bonchev–Trinajstić information content (AvgIpc) is 2.92. The highest BCUT2D eigenvalue weighted by atomic mass is 32.2. The Labute approximate surface area is 137 Å². The van der Waals surface area contributed by atoms with Crippen molar-refractivity contribution < 1.29 is 4.79 Å². The van der Waals surface area contributed by atoms with Gasteiger partial charge in [-0.1, -0.05) is 56.0 Å². The van der Waals surface area contributed by atoms with E-state index in [0.717, 1.165) is 15.7 Å². The molecule has 0 bridgehead atoms. The molecule has 1 aromatic carbocycles. The number of benzene rings is 1. The molecule has 1 N–H and O–H groups in total. The predicted octanol–water partition coefficient (Wildman–Crippen LogP) is 3.69. The SMILES string of the molecule is CC(C)(C)C(=O)Nc1nnc(SCc2ccc(C#N)cc2)s1. The van der Waals surface area contributed by atoms with Crippen molar-refractivity contribution in [2.45, 2.75) is 30.9 Å². The summed E-state index contributed by atoms with van der Waals surface area (Å²) in [5.41, 5.74) is 1.30. The smallest absolute Gasteiger partial charge is 0.231 e. The van der Waals surface area contributed by atoms with Crippen LogP contribution >= 0.6 is 23.1 Å². The summed E-state index contributed by atoms with van der Waals surface area (Å²) in [5, 5.41) is 20.1. The summed E-state index contributed by atoms with van der Waals surface area (Å²) in [6.45, 7) is 5.55. The Hall–Kier alpha value is -1.91. The van der Waals surface area contributed by atoms with Crippen LogP contribution in [-0.4, -0.2) is 16.1 Å². The number of anilines is 1. The minimum Gasteiger partial charge on any atom is -0.300 e. The van der Waals surface area contributed by atoms with Crippen molar-refractivity contribution in [2.75, 3.05) is 5.32 Å². The van der Waals surface area contributed by atoms with E-state index in [-0.39, 0.29) is 5.91 Å². The Kier molecular flexibility index (Phi) is 5.16. The third-order valence-electron chi connectivity index (χ3n) is 2.75. The molecule has 0 aliphatic heterocycles. The first kappa shape index (κ1) is 16.5. The fraction of sp³-hybridized carbons (Fsp3) is 0.333. The Bertz CT molecular complexity index is 696. The lowest BCUT2D eigenvalue weighted by Crippen LogP contribution is -2.27. The molecule has 1 aromatic heterocycles. The van der Waals surface area contributed by atoms with Gasteiger partial charge in [0.2, 0.25) is 11.0 Å². The Morgan fingerprint density at radius 1 is 1.32 bits per heavy atom. The Morgan fingerprint density at radius 3 is 2.59 bits per heavy atom. The maximum absolute atomic E-state index is 11.9. The number of nitrogens with zero attached hydrogens (tertiary/aromatic N) is 3. The van der Waals surface area contributed by atoms with Crippen molar-refractivity contribution in [2.24, 2.45) is 5.41 Å². The van der Waals surface area contributed by atoms with Crippen LogP contribution in [0.1, 0.15) is 31.9 Å². The van der Waals surface area contributed by atoms with Crippen molar-refractivity contribution in [3.05, 3.63) is 35.4 Å². The molecular weight excluding hydrogens is 316 g/mol. The highest BCUT2D eigenvalue weighted by molar-refractivity contribution is 8.00. The molecule has 0 radical (unpaired) electrons. The summed E-state index contributed by atoms with van der Waals surface area (Å²) in [5.74, 6) is 0.667. The van der Waals surface area contributed by atoms with Gasteiger partial charge in [0.15, 0.2) is 4.34 Å². The van der Waals surface area contributed by atoms with Gasteiger partial charge in [-0.3, -0.25) is 4.79 Å². The van der Waals surface area contributed by atoms with Gasteiger partial charge in [-0.2, -0.15) is 5.26 Å². The van der Waals surface area contributed by atoms with Crippen LogP contribution in [0.2, 0.25) is 0 Å². The van der Waals surface area contributed by atoms with Crippen molar-refractivity contribution in [3.8, 4) is 6.07 Å². The average molecular weight is 332 g/mol. The third kappa shape index (κ3) is 4.55. The number of nitriles is 1. The largest absolute Gasteiger partial charge is 0.300 e. The van der Waals surface area contributed by atoms with Crippen molar-refractivity contribution >= 4 is 34.1 Å². The predicted molar refractivity (Wildman–Crippen MR) is 88.7 cm³/mol. The van der Waals surface area contributed by atoms with Gasteiger partial charge >= 0.3 is 0 Å². The van der Waals surface area contributed by atoms with Gasteiger partial charge in [0, 0.05) is 11.2 Å². The van der Waals surface area contributed by atoms with E-state index in [1.54, 1.807) is 23.9 Å². The zero-order valence-corrected chi connectivity index (χ0v) is 14.2. The van der Waals surface area contributed by atoms with Crippen LogP contribution in [0.4, 0.5) is 5.13 Å². The number of amides is 1. The number of rotatable bonds is 4. The number of nitrogens with one attached hydrogen (secondary N) is 1. The molecule has 1 amide bonds.